The SMILES string of the molecule is COc1cccc(C2CNCCN2C)c1C. The molecule has 1 N–H and O–H groups in total. The third-order valence-corrected chi connectivity index (χ3v) is 3.42. The van der Waals surface area contributed by atoms with Crippen LogP contribution in [-0.4, -0.2) is 38.7 Å². The van der Waals surface area contributed by atoms with Gasteiger partial charge in [-0.1, -0.05) is 12.1 Å². The van der Waals surface area contributed by atoms with Gasteiger partial charge in [-0.3, -0.25) is 4.90 Å². The molecule has 1 unspecified atom stereocenters. The topological polar surface area (TPSA) is 24.5 Å². The van der Waals surface area contributed by atoms with E-state index in [1.54, 1.807) is 7.11 Å². The smallest absolute Gasteiger partial charge is 0.122 e. The monoisotopic (exact) mass is 220 g/mol. The number of ether oxygens (including phenoxy) is 1. The highest BCUT2D eigenvalue weighted by Gasteiger charge is 2.22. The average molecular weight is 220 g/mol. The van der Waals surface area contributed by atoms with Crippen LogP contribution in [0.3, 0.4) is 0 Å². The Kier molecular flexibility index (Phi) is 3.46. The molecule has 88 valence electrons. The first-order valence-electron chi connectivity index (χ1n) is 5.78. The molecule has 0 aliphatic carbocycles. The number of piperazine rings is 1. The van der Waals surface area contributed by atoms with Gasteiger partial charge in [0, 0.05) is 25.7 Å². The summed E-state index contributed by atoms with van der Waals surface area (Å²) in [5.74, 6) is 0.983. The summed E-state index contributed by atoms with van der Waals surface area (Å²) < 4.78 is 5.37. The number of methoxy groups -OCH3 is 1. The molecule has 1 fully saturated rings. The van der Waals surface area contributed by atoms with E-state index in [2.05, 4.69) is 36.3 Å². The van der Waals surface area contributed by atoms with E-state index in [-0.39, 0.29) is 0 Å². The number of nitrogens with zero attached hydrogens (tertiary/aromatic N) is 1. The van der Waals surface area contributed by atoms with Gasteiger partial charge < -0.3 is 10.1 Å². The van der Waals surface area contributed by atoms with E-state index in [0.717, 1.165) is 25.4 Å². The number of rotatable bonds is 2. The van der Waals surface area contributed by atoms with Crippen LogP contribution in [0.15, 0.2) is 18.2 Å². The van der Waals surface area contributed by atoms with Gasteiger partial charge in [0.15, 0.2) is 0 Å². The molecule has 1 aromatic carbocycles. The zero-order chi connectivity index (χ0) is 11.5. The molecule has 2 rings (SSSR count). The lowest BCUT2D eigenvalue weighted by Crippen LogP contribution is -2.44. The van der Waals surface area contributed by atoms with Crippen LogP contribution in [0.4, 0.5) is 0 Å². The second kappa shape index (κ2) is 4.85. The van der Waals surface area contributed by atoms with E-state index in [1.807, 2.05) is 6.07 Å². The van der Waals surface area contributed by atoms with Crippen LogP contribution in [0.1, 0.15) is 17.2 Å². The van der Waals surface area contributed by atoms with Gasteiger partial charge in [0.05, 0.1) is 7.11 Å². The minimum absolute atomic E-state index is 0.462. The summed E-state index contributed by atoms with van der Waals surface area (Å²) in [5, 5.41) is 3.45. The van der Waals surface area contributed by atoms with Crippen molar-refractivity contribution in [3.8, 4) is 5.75 Å². The molecule has 0 saturated carbocycles. The lowest BCUT2D eigenvalue weighted by molar-refractivity contribution is 0.201. The molecule has 3 nitrogen and oxygen atoms in total. The summed E-state index contributed by atoms with van der Waals surface area (Å²) in [5.41, 5.74) is 2.62. The van der Waals surface area contributed by atoms with E-state index < -0.39 is 0 Å². The second-order valence-corrected chi connectivity index (χ2v) is 4.38. The van der Waals surface area contributed by atoms with E-state index in [1.165, 1.54) is 11.1 Å². The minimum atomic E-state index is 0.462. The molecule has 0 bridgehead atoms. The lowest BCUT2D eigenvalue weighted by atomic mass is 9.98. The first kappa shape index (κ1) is 11.4. The molecule has 16 heavy (non-hydrogen) atoms. The molecule has 0 amide bonds. The summed E-state index contributed by atoms with van der Waals surface area (Å²) >= 11 is 0. The predicted octanol–water partition coefficient (Wildman–Crippen LogP) is 1.58. The van der Waals surface area contributed by atoms with Crippen molar-refractivity contribution in [2.24, 2.45) is 0 Å². The lowest BCUT2D eigenvalue weighted by Gasteiger charge is -2.34. The van der Waals surface area contributed by atoms with E-state index in [0.29, 0.717) is 6.04 Å². The Balaban J connectivity index is 2.31. The molecule has 3 heteroatoms. The second-order valence-electron chi connectivity index (χ2n) is 4.38. The van der Waals surface area contributed by atoms with Crippen molar-refractivity contribution in [3.05, 3.63) is 29.3 Å². The van der Waals surface area contributed by atoms with Crippen LogP contribution >= 0.6 is 0 Å². The fourth-order valence-corrected chi connectivity index (χ4v) is 2.37. The number of benzene rings is 1. The number of hydrogen-bond acceptors (Lipinski definition) is 3. The predicted molar refractivity (Wildman–Crippen MR) is 66.0 cm³/mol. The average Bonchev–Trinajstić information content (AvgIpc) is 2.31. The van der Waals surface area contributed by atoms with E-state index >= 15 is 0 Å². The molecule has 1 aliphatic heterocycles. The summed E-state index contributed by atoms with van der Waals surface area (Å²) in [4.78, 5) is 2.40. The zero-order valence-corrected chi connectivity index (χ0v) is 10.3. The van der Waals surface area contributed by atoms with Crippen molar-refractivity contribution in [1.82, 2.24) is 10.2 Å². The van der Waals surface area contributed by atoms with Gasteiger partial charge in [-0.05, 0) is 31.2 Å². The summed E-state index contributed by atoms with van der Waals surface area (Å²) in [6.45, 7) is 5.33. The Morgan fingerprint density at radius 2 is 2.25 bits per heavy atom. The molecule has 0 spiro atoms. The van der Waals surface area contributed by atoms with E-state index in [9.17, 15) is 0 Å². The molecule has 0 radical (unpaired) electrons. The van der Waals surface area contributed by atoms with E-state index in [4.69, 9.17) is 4.74 Å². The van der Waals surface area contributed by atoms with Crippen molar-refractivity contribution in [1.29, 1.82) is 0 Å². The summed E-state index contributed by atoms with van der Waals surface area (Å²) in [6.07, 6.45) is 0. The van der Waals surface area contributed by atoms with Gasteiger partial charge in [0.2, 0.25) is 0 Å². The van der Waals surface area contributed by atoms with Crippen LogP contribution in [-0.2, 0) is 0 Å². The third kappa shape index (κ3) is 2.06. The van der Waals surface area contributed by atoms with Crippen molar-refractivity contribution in [2.45, 2.75) is 13.0 Å². The van der Waals surface area contributed by atoms with Crippen LogP contribution in [0.2, 0.25) is 0 Å². The molecule has 1 saturated heterocycles. The van der Waals surface area contributed by atoms with Crippen molar-refractivity contribution >= 4 is 0 Å². The fraction of sp³-hybridized carbons (Fsp3) is 0.538. The Morgan fingerprint density at radius 3 is 2.94 bits per heavy atom. The zero-order valence-electron chi connectivity index (χ0n) is 10.3. The Labute approximate surface area is 97.4 Å². The van der Waals surface area contributed by atoms with Crippen molar-refractivity contribution in [2.75, 3.05) is 33.8 Å². The quantitative estimate of drug-likeness (QED) is 0.819. The maximum Gasteiger partial charge on any atom is 0.122 e. The first-order chi connectivity index (χ1) is 7.74. The van der Waals surface area contributed by atoms with Crippen molar-refractivity contribution in [3.63, 3.8) is 0 Å². The molecule has 1 aliphatic rings. The molecule has 1 heterocycles. The molecule has 1 atom stereocenters. The highest BCUT2D eigenvalue weighted by atomic mass is 16.5. The Bertz CT molecular complexity index is 365. The highest BCUT2D eigenvalue weighted by Crippen LogP contribution is 2.29. The van der Waals surface area contributed by atoms with Crippen LogP contribution < -0.4 is 10.1 Å². The largest absolute Gasteiger partial charge is 0.496 e. The molecule has 0 aromatic heterocycles. The van der Waals surface area contributed by atoms with Crippen LogP contribution in [0.5, 0.6) is 5.75 Å². The third-order valence-electron chi connectivity index (χ3n) is 3.42. The minimum Gasteiger partial charge on any atom is -0.496 e. The van der Waals surface area contributed by atoms with Gasteiger partial charge in [-0.25, -0.2) is 0 Å². The highest BCUT2D eigenvalue weighted by molar-refractivity contribution is 5.41. The maximum atomic E-state index is 5.37. The normalized spacial score (nSPS) is 22.1. The molecule has 1 aromatic rings. The first-order valence-corrected chi connectivity index (χ1v) is 5.78. The summed E-state index contributed by atoms with van der Waals surface area (Å²) in [7, 11) is 3.92. The summed E-state index contributed by atoms with van der Waals surface area (Å²) in [6, 6.07) is 6.76. The van der Waals surface area contributed by atoms with Crippen molar-refractivity contribution < 1.29 is 4.74 Å². The Hall–Kier alpha value is -1.06. The van der Waals surface area contributed by atoms with Crippen LogP contribution in [0.25, 0.3) is 0 Å². The number of hydrogen-bond donors (Lipinski definition) is 1. The fourth-order valence-electron chi connectivity index (χ4n) is 2.37. The van der Waals surface area contributed by atoms with Gasteiger partial charge in [-0.2, -0.15) is 0 Å². The standard InChI is InChI=1S/C13H20N2O/c1-10-11(5-4-6-13(10)16-3)12-9-14-7-8-15(12)2/h4-6,12,14H,7-9H2,1-3H3. The number of nitrogens with one attached hydrogen (secondary N) is 1. The van der Waals surface area contributed by atoms with Crippen LogP contribution in [0, 0.1) is 6.92 Å². The van der Waals surface area contributed by atoms with Gasteiger partial charge >= 0.3 is 0 Å². The maximum absolute atomic E-state index is 5.37. The Morgan fingerprint density at radius 1 is 1.44 bits per heavy atom. The molecular weight excluding hydrogens is 200 g/mol. The van der Waals surface area contributed by atoms with Gasteiger partial charge in [0.25, 0.3) is 0 Å². The van der Waals surface area contributed by atoms with Gasteiger partial charge in [-0.15, -0.1) is 0 Å². The number of likely N-dealkylation sites (N-methyl/N-ethyl adjacent to an activating group) is 1. The molecular formula is C13H20N2O. The van der Waals surface area contributed by atoms with Gasteiger partial charge in [0.1, 0.15) is 5.75 Å².